The number of aryl methyl sites for hydroxylation is 2. The van der Waals surface area contributed by atoms with Crippen LogP contribution in [-0.2, 0) is 14.3 Å². The predicted octanol–water partition coefficient (Wildman–Crippen LogP) is 4.39. The van der Waals surface area contributed by atoms with Gasteiger partial charge in [0.15, 0.2) is 11.6 Å². The molecule has 2 bridgehead atoms. The molecule has 2 unspecified atom stereocenters. The number of hydrogen-bond donors (Lipinski definition) is 0. The van der Waals surface area contributed by atoms with E-state index in [1.807, 2.05) is 39.0 Å². The van der Waals surface area contributed by atoms with E-state index < -0.39 is 11.5 Å². The fourth-order valence-corrected chi connectivity index (χ4v) is 5.82. The lowest BCUT2D eigenvalue weighted by atomic mass is 9.74. The van der Waals surface area contributed by atoms with Gasteiger partial charge in [-0.3, -0.25) is 9.59 Å². The molecule has 138 valence electrons. The van der Waals surface area contributed by atoms with E-state index in [9.17, 15) is 9.59 Å². The quantitative estimate of drug-likeness (QED) is 0.746. The van der Waals surface area contributed by atoms with Crippen molar-refractivity contribution in [2.75, 3.05) is 0 Å². The van der Waals surface area contributed by atoms with Crippen molar-refractivity contribution < 1.29 is 14.3 Å². The number of hydrogen-bond acceptors (Lipinski definition) is 3. The van der Waals surface area contributed by atoms with Gasteiger partial charge in [-0.1, -0.05) is 42.5 Å². The van der Waals surface area contributed by atoms with Crippen molar-refractivity contribution in [3.63, 3.8) is 0 Å². The van der Waals surface area contributed by atoms with Crippen LogP contribution >= 0.6 is 0 Å². The summed E-state index contributed by atoms with van der Waals surface area (Å²) in [5.74, 6) is -0.964. The number of benzene rings is 2. The zero-order valence-corrected chi connectivity index (χ0v) is 16.0. The average molecular weight is 360 g/mol. The maximum atomic E-state index is 13.4. The Morgan fingerprint density at radius 2 is 1.63 bits per heavy atom. The van der Waals surface area contributed by atoms with Crippen LogP contribution in [0.1, 0.15) is 42.4 Å². The minimum atomic E-state index is -0.617. The molecule has 3 nitrogen and oxygen atoms in total. The number of rotatable bonds is 2. The molecule has 0 spiro atoms. The van der Waals surface area contributed by atoms with Crippen LogP contribution in [0.15, 0.2) is 42.5 Å². The molecular weight excluding hydrogens is 336 g/mol. The van der Waals surface area contributed by atoms with Crippen LogP contribution in [-0.4, -0.2) is 23.3 Å². The lowest BCUT2D eigenvalue weighted by molar-refractivity contribution is -0.129. The van der Waals surface area contributed by atoms with Gasteiger partial charge >= 0.3 is 0 Å². The van der Waals surface area contributed by atoms with Crippen LogP contribution in [0.3, 0.4) is 0 Å². The lowest BCUT2D eigenvalue weighted by Gasteiger charge is -2.27. The highest BCUT2D eigenvalue weighted by molar-refractivity contribution is 6.17. The topological polar surface area (TPSA) is 43.4 Å². The third-order valence-electron chi connectivity index (χ3n) is 6.96. The first-order chi connectivity index (χ1) is 12.9. The number of carbonyl (C=O) groups excluding carboxylic acids is 2. The molecule has 3 fully saturated rings. The zero-order chi connectivity index (χ0) is 18.9. The Kier molecular flexibility index (Phi) is 3.51. The molecule has 2 saturated heterocycles. The summed E-state index contributed by atoms with van der Waals surface area (Å²) >= 11 is 0. The fraction of sp³-hybridized carbons (Fsp3) is 0.417. The molecule has 3 heteroatoms. The number of ether oxygens (including phenoxy) is 1. The van der Waals surface area contributed by atoms with E-state index in [-0.39, 0.29) is 29.5 Å². The van der Waals surface area contributed by atoms with Crippen LogP contribution in [0.5, 0.6) is 0 Å². The van der Waals surface area contributed by atoms with E-state index in [1.54, 1.807) is 0 Å². The summed E-state index contributed by atoms with van der Waals surface area (Å²) in [5.41, 5.74) is 4.81. The second kappa shape index (κ2) is 5.62. The van der Waals surface area contributed by atoms with Gasteiger partial charge in [-0.25, -0.2) is 0 Å². The molecule has 0 radical (unpaired) electrons. The summed E-state index contributed by atoms with van der Waals surface area (Å²) < 4.78 is 6.05. The summed E-state index contributed by atoms with van der Waals surface area (Å²) in [6, 6.07) is 14.4. The Balaban J connectivity index is 1.58. The highest BCUT2D eigenvalue weighted by atomic mass is 16.5. The number of carbonyl (C=O) groups is 2. The van der Waals surface area contributed by atoms with Gasteiger partial charge in [0.2, 0.25) is 0 Å². The molecule has 5 rings (SSSR count). The Hall–Kier alpha value is -2.26. The molecule has 2 aliphatic heterocycles. The van der Waals surface area contributed by atoms with Crippen LogP contribution in [0, 0.1) is 25.7 Å². The summed E-state index contributed by atoms with van der Waals surface area (Å²) in [5, 5.41) is 0. The molecule has 1 aliphatic carbocycles. The van der Waals surface area contributed by atoms with E-state index in [1.165, 1.54) is 0 Å². The molecule has 0 N–H and O–H groups in total. The van der Waals surface area contributed by atoms with Gasteiger partial charge in [-0.15, -0.1) is 0 Å². The Morgan fingerprint density at radius 1 is 0.963 bits per heavy atom. The molecule has 2 aromatic rings. The molecular formula is C24H24O3. The van der Waals surface area contributed by atoms with Gasteiger partial charge in [-0.05, 0) is 61.4 Å². The third kappa shape index (κ3) is 2.24. The maximum absolute atomic E-state index is 13.4. The maximum Gasteiger partial charge on any atom is 0.154 e. The second-order valence-electron chi connectivity index (χ2n) is 8.64. The van der Waals surface area contributed by atoms with Crippen molar-refractivity contribution >= 4 is 11.6 Å². The Labute approximate surface area is 159 Å². The first-order valence-electron chi connectivity index (χ1n) is 9.82. The van der Waals surface area contributed by atoms with Crippen molar-refractivity contribution in [1.29, 1.82) is 0 Å². The van der Waals surface area contributed by atoms with Crippen molar-refractivity contribution in [2.24, 2.45) is 11.8 Å². The molecule has 2 heterocycles. The molecule has 1 saturated carbocycles. The molecule has 3 aliphatic rings. The highest BCUT2D eigenvalue weighted by Crippen LogP contribution is 2.58. The standard InChI is InChI=1S/C24H24O3/c1-13-11-16(15-7-5-4-6-8-15)12-14(2)18(13)20-22(25)19-17-9-10-24(3,27-17)21(19)23(20)26/h4-8,11-12,17,19-21H,9-10H2,1-3H3/t17?,19-,20?,21+,24+/m0/s1. The SMILES string of the molecule is Cc1cc(-c2ccccc2)cc(C)c1C1C(=O)[C@H]2C3CC[C@@](C)(O3)[C@H]2C1=O. The van der Waals surface area contributed by atoms with Gasteiger partial charge in [0.05, 0.1) is 23.5 Å². The van der Waals surface area contributed by atoms with Gasteiger partial charge in [0, 0.05) is 0 Å². The van der Waals surface area contributed by atoms with Crippen LogP contribution in [0.4, 0.5) is 0 Å². The van der Waals surface area contributed by atoms with Gasteiger partial charge in [0.1, 0.15) is 5.92 Å². The van der Waals surface area contributed by atoms with Crippen molar-refractivity contribution in [2.45, 2.75) is 51.2 Å². The summed E-state index contributed by atoms with van der Waals surface area (Å²) in [6.45, 7) is 6.07. The smallest absolute Gasteiger partial charge is 0.154 e. The first kappa shape index (κ1) is 16.9. The summed E-state index contributed by atoms with van der Waals surface area (Å²) in [7, 11) is 0. The first-order valence-corrected chi connectivity index (χ1v) is 9.82. The zero-order valence-electron chi connectivity index (χ0n) is 16.0. The normalized spacial score (nSPS) is 34.3. The average Bonchev–Trinajstić information content (AvgIpc) is 3.25. The molecule has 0 aromatic heterocycles. The Bertz CT molecular complexity index is 938. The van der Waals surface area contributed by atoms with Gasteiger partial charge in [-0.2, -0.15) is 0 Å². The van der Waals surface area contributed by atoms with Crippen LogP contribution < -0.4 is 0 Å². The van der Waals surface area contributed by atoms with E-state index in [0.29, 0.717) is 0 Å². The molecule has 5 atom stereocenters. The molecule has 0 amide bonds. The van der Waals surface area contributed by atoms with E-state index in [2.05, 4.69) is 24.3 Å². The van der Waals surface area contributed by atoms with Crippen molar-refractivity contribution in [3.8, 4) is 11.1 Å². The third-order valence-corrected chi connectivity index (χ3v) is 6.96. The number of fused-ring (bicyclic) bond motifs is 5. The number of ketones is 2. The van der Waals surface area contributed by atoms with Gasteiger partial charge < -0.3 is 4.74 Å². The number of Topliss-reactive ketones (excluding diaryl/α,β-unsaturated/α-hetero) is 2. The predicted molar refractivity (Wildman–Crippen MR) is 104 cm³/mol. The monoisotopic (exact) mass is 360 g/mol. The highest BCUT2D eigenvalue weighted by Gasteiger charge is 2.67. The minimum absolute atomic E-state index is 0.0642. The second-order valence-corrected chi connectivity index (χ2v) is 8.64. The fourth-order valence-electron chi connectivity index (χ4n) is 5.82. The van der Waals surface area contributed by atoms with Crippen molar-refractivity contribution in [1.82, 2.24) is 0 Å². The van der Waals surface area contributed by atoms with Crippen LogP contribution in [0.2, 0.25) is 0 Å². The van der Waals surface area contributed by atoms with Crippen LogP contribution in [0.25, 0.3) is 11.1 Å². The summed E-state index contributed by atoms with van der Waals surface area (Å²) in [6.07, 6.45) is 1.72. The summed E-state index contributed by atoms with van der Waals surface area (Å²) in [4.78, 5) is 26.6. The van der Waals surface area contributed by atoms with E-state index in [4.69, 9.17) is 4.74 Å². The lowest BCUT2D eigenvalue weighted by Crippen LogP contribution is -2.37. The van der Waals surface area contributed by atoms with Gasteiger partial charge in [0.25, 0.3) is 0 Å². The molecule has 2 aromatic carbocycles. The largest absolute Gasteiger partial charge is 0.370 e. The van der Waals surface area contributed by atoms with E-state index in [0.717, 1.165) is 40.7 Å². The Morgan fingerprint density at radius 3 is 2.26 bits per heavy atom. The minimum Gasteiger partial charge on any atom is -0.370 e. The molecule has 27 heavy (non-hydrogen) atoms. The van der Waals surface area contributed by atoms with E-state index >= 15 is 0 Å². The van der Waals surface area contributed by atoms with Crippen molar-refractivity contribution in [3.05, 3.63) is 59.2 Å².